The molecule has 0 unspecified atom stereocenters. The van der Waals surface area contributed by atoms with Crippen LogP contribution < -0.4 is 5.32 Å². The van der Waals surface area contributed by atoms with Gasteiger partial charge < -0.3 is 9.88 Å². The molecule has 1 aliphatic carbocycles. The predicted molar refractivity (Wildman–Crippen MR) is 72.6 cm³/mol. The molecule has 2 aromatic rings. The molecular weight excluding hydrogens is 265 g/mol. The summed E-state index contributed by atoms with van der Waals surface area (Å²) >= 11 is 5.79. The van der Waals surface area contributed by atoms with Gasteiger partial charge in [0, 0.05) is 24.0 Å². The highest BCUT2D eigenvalue weighted by molar-refractivity contribution is 6.30. The summed E-state index contributed by atoms with van der Waals surface area (Å²) in [7, 11) is 0. The molecule has 1 heterocycles. The molecule has 100 valence electrons. The molecule has 0 radical (unpaired) electrons. The lowest BCUT2D eigenvalue weighted by Gasteiger charge is -2.10. The van der Waals surface area contributed by atoms with E-state index in [1.165, 1.54) is 12.8 Å². The smallest absolute Gasteiger partial charge is 0.146 e. The zero-order valence-electron chi connectivity index (χ0n) is 10.4. The van der Waals surface area contributed by atoms with E-state index in [9.17, 15) is 4.39 Å². The Kier molecular flexibility index (Phi) is 3.53. The SMILES string of the molecule is Fc1c(Cl)cccc1Cn1ccnc1CNC1CC1. The molecule has 1 fully saturated rings. The van der Waals surface area contributed by atoms with Crippen molar-refractivity contribution in [3.63, 3.8) is 0 Å². The summed E-state index contributed by atoms with van der Waals surface area (Å²) in [6.07, 6.45) is 6.09. The van der Waals surface area contributed by atoms with Crippen molar-refractivity contribution in [3.8, 4) is 0 Å². The molecule has 0 aliphatic heterocycles. The van der Waals surface area contributed by atoms with E-state index in [0.717, 1.165) is 12.4 Å². The van der Waals surface area contributed by atoms with Gasteiger partial charge in [0.2, 0.25) is 0 Å². The van der Waals surface area contributed by atoms with E-state index < -0.39 is 0 Å². The minimum Gasteiger partial charge on any atom is -0.329 e. The van der Waals surface area contributed by atoms with E-state index >= 15 is 0 Å². The van der Waals surface area contributed by atoms with Gasteiger partial charge in [0.15, 0.2) is 0 Å². The number of nitrogens with zero attached hydrogens (tertiary/aromatic N) is 2. The van der Waals surface area contributed by atoms with Gasteiger partial charge in [-0.2, -0.15) is 0 Å². The quantitative estimate of drug-likeness (QED) is 0.912. The summed E-state index contributed by atoms with van der Waals surface area (Å²) in [5.74, 6) is 0.574. The first-order valence-corrected chi connectivity index (χ1v) is 6.78. The summed E-state index contributed by atoms with van der Waals surface area (Å²) < 4.78 is 15.8. The third-order valence-electron chi connectivity index (χ3n) is 3.30. The van der Waals surface area contributed by atoms with Crippen molar-refractivity contribution in [1.82, 2.24) is 14.9 Å². The summed E-state index contributed by atoms with van der Waals surface area (Å²) in [5, 5.41) is 3.57. The standard InChI is InChI=1S/C14H15ClFN3/c15-12-3-1-2-10(14(12)16)9-19-7-6-17-13(19)8-18-11-4-5-11/h1-3,6-7,11,18H,4-5,8-9H2. The van der Waals surface area contributed by atoms with Crippen LogP contribution >= 0.6 is 11.6 Å². The molecule has 0 amide bonds. The summed E-state index contributed by atoms with van der Waals surface area (Å²) in [6, 6.07) is 5.70. The Morgan fingerprint density at radius 3 is 3.05 bits per heavy atom. The lowest BCUT2D eigenvalue weighted by atomic mass is 10.2. The zero-order chi connectivity index (χ0) is 13.2. The fourth-order valence-electron chi connectivity index (χ4n) is 2.03. The fourth-order valence-corrected chi connectivity index (χ4v) is 2.22. The highest BCUT2D eigenvalue weighted by Crippen LogP contribution is 2.20. The minimum absolute atomic E-state index is 0.162. The third kappa shape index (κ3) is 2.96. The van der Waals surface area contributed by atoms with Crippen LogP contribution in [0.2, 0.25) is 5.02 Å². The van der Waals surface area contributed by atoms with Crippen molar-refractivity contribution in [3.05, 3.63) is 52.8 Å². The van der Waals surface area contributed by atoms with Crippen molar-refractivity contribution < 1.29 is 4.39 Å². The van der Waals surface area contributed by atoms with E-state index in [2.05, 4.69) is 10.3 Å². The molecule has 3 nitrogen and oxygen atoms in total. The first-order valence-electron chi connectivity index (χ1n) is 6.40. The maximum atomic E-state index is 13.9. The normalized spacial score (nSPS) is 14.8. The van der Waals surface area contributed by atoms with Gasteiger partial charge in [-0.15, -0.1) is 0 Å². The predicted octanol–water partition coefficient (Wildman–Crippen LogP) is 2.98. The van der Waals surface area contributed by atoms with Crippen LogP contribution in [-0.4, -0.2) is 15.6 Å². The second-order valence-corrected chi connectivity index (χ2v) is 5.25. The Hall–Kier alpha value is -1.39. The molecule has 19 heavy (non-hydrogen) atoms. The summed E-state index contributed by atoms with van der Waals surface area (Å²) in [5.41, 5.74) is 0.582. The first kappa shape index (κ1) is 12.6. The average molecular weight is 280 g/mol. The van der Waals surface area contributed by atoms with Crippen molar-refractivity contribution >= 4 is 11.6 Å². The molecular formula is C14H15ClFN3. The maximum absolute atomic E-state index is 13.9. The van der Waals surface area contributed by atoms with Crippen LogP contribution in [0.3, 0.4) is 0 Å². The molecule has 5 heteroatoms. The third-order valence-corrected chi connectivity index (χ3v) is 3.59. The Morgan fingerprint density at radius 2 is 2.26 bits per heavy atom. The van der Waals surface area contributed by atoms with Crippen molar-refractivity contribution in [1.29, 1.82) is 0 Å². The van der Waals surface area contributed by atoms with Crippen LogP contribution in [0.4, 0.5) is 4.39 Å². The first-order chi connectivity index (χ1) is 9.24. The molecule has 1 N–H and O–H groups in total. The topological polar surface area (TPSA) is 29.9 Å². The fraction of sp³-hybridized carbons (Fsp3) is 0.357. The number of aromatic nitrogens is 2. The van der Waals surface area contributed by atoms with Crippen LogP contribution in [-0.2, 0) is 13.1 Å². The largest absolute Gasteiger partial charge is 0.329 e. The van der Waals surface area contributed by atoms with Crippen LogP contribution in [0.25, 0.3) is 0 Å². The number of halogens is 2. The molecule has 3 rings (SSSR count). The van der Waals surface area contributed by atoms with Crippen molar-refractivity contribution in [2.45, 2.75) is 32.0 Å². The molecule has 0 atom stereocenters. The van der Waals surface area contributed by atoms with Gasteiger partial charge in [0.05, 0.1) is 18.1 Å². The Bertz CT molecular complexity index is 578. The Balaban J connectivity index is 1.75. The van der Waals surface area contributed by atoms with Gasteiger partial charge in [-0.05, 0) is 18.9 Å². The number of rotatable bonds is 5. The summed E-state index contributed by atoms with van der Waals surface area (Å²) in [6.45, 7) is 1.17. The zero-order valence-corrected chi connectivity index (χ0v) is 11.2. The van der Waals surface area contributed by atoms with Crippen LogP contribution in [0, 0.1) is 5.82 Å². The van der Waals surface area contributed by atoms with Crippen LogP contribution in [0.1, 0.15) is 24.2 Å². The number of hydrogen-bond donors (Lipinski definition) is 1. The van der Waals surface area contributed by atoms with Crippen LogP contribution in [0.5, 0.6) is 0 Å². The van der Waals surface area contributed by atoms with E-state index in [4.69, 9.17) is 11.6 Å². The highest BCUT2D eigenvalue weighted by Gasteiger charge is 2.20. The van der Waals surface area contributed by atoms with Gasteiger partial charge in [0.25, 0.3) is 0 Å². The number of benzene rings is 1. The van der Waals surface area contributed by atoms with E-state index in [1.807, 2.05) is 10.8 Å². The van der Waals surface area contributed by atoms with Gasteiger partial charge in [0.1, 0.15) is 11.6 Å². The number of imidazole rings is 1. The molecule has 0 saturated heterocycles. The minimum atomic E-state index is -0.348. The molecule has 1 saturated carbocycles. The second kappa shape index (κ2) is 5.31. The van der Waals surface area contributed by atoms with Crippen molar-refractivity contribution in [2.75, 3.05) is 0 Å². The van der Waals surface area contributed by atoms with E-state index in [-0.39, 0.29) is 10.8 Å². The van der Waals surface area contributed by atoms with Gasteiger partial charge in [-0.25, -0.2) is 9.37 Å². The van der Waals surface area contributed by atoms with E-state index in [1.54, 1.807) is 24.4 Å². The number of hydrogen-bond acceptors (Lipinski definition) is 2. The Labute approximate surface area is 116 Å². The molecule has 1 aromatic carbocycles. The lowest BCUT2D eigenvalue weighted by Crippen LogP contribution is -2.19. The summed E-state index contributed by atoms with van der Waals surface area (Å²) in [4.78, 5) is 4.31. The molecule has 1 aliphatic rings. The average Bonchev–Trinajstić information content (AvgIpc) is 3.13. The van der Waals surface area contributed by atoms with Gasteiger partial charge >= 0.3 is 0 Å². The lowest BCUT2D eigenvalue weighted by molar-refractivity contribution is 0.581. The monoisotopic (exact) mass is 279 g/mol. The van der Waals surface area contributed by atoms with Crippen molar-refractivity contribution in [2.24, 2.45) is 0 Å². The van der Waals surface area contributed by atoms with Gasteiger partial charge in [-0.1, -0.05) is 23.7 Å². The maximum Gasteiger partial charge on any atom is 0.146 e. The molecule has 0 spiro atoms. The van der Waals surface area contributed by atoms with Gasteiger partial charge in [-0.3, -0.25) is 0 Å². The highest BCUT2D eigenvalue weighted by atomic mass is 35.5. The molecule has 1 aromatic heterocycles. The Morgan fingerprint density at radius 1 is 1.42 bits per heavy atom. The molecule has 0 bridgehead atoms. The number of nitrogens with one attached hydrogen (secondary N) is 1. The van der Waals surface area contributed by atoms with E-state index in [0.29, 0.717) is 18.2 Å². The van der Waals surface area contributed by atoms with Crippen LogP contribution in [0.15, 0.2) is 30.6 Å². The second-order valence-electron chi connectivity index (χ2n) is 4.84.